The second kappa shape index (κ2) is 5.58. The van der Waals surface area contributed by atoms with Crippen molar-refractivity contribution in [1.29, 1.82) is 0 Å². The summed E-state index contributed by atoms with van der Waals surface area (Å²) in [4.78, 5) is 17.9. The number of hydrogen-bond donors (Lipinski definition) is 0. The molecule has 1 atom stereocenters. The predicted octanol–water partition coefficient (Wildman–Crippen LogP) is 4.47. The van der Waals surface area contributed by atoms with E-state index in [0.29, 0.717) is 5.91 Å². The van der Waals surface area contributed by atoms with Gasteiger partial charge in [-0.2, -0.15) is 0 Å². The molecule has 0 radical (unpaired) electrons. The zero-order chi connectivity index (χ0) is 14.2. The Hall–Kier alpha value is -1.13. The lowest BCUT2D eigenvalue weighted by atomic mass is 9.95. The lowest BCUT2D eigenvalue weighted by Gasteiger charge is -2.37. The van der Waals surface area contributed by atoms with Gasteiger partial charge in [-0.1, -0.05) is 18.9 Å². The highest BCUT2D eigenvalue weighted by molar-refractivity contribution is 7.10. The minimum Gasteiger partial charge on any atom is -0.330 e. The summed E-state index contributed by atoms with van der Waals surface area (Å²) in [5.74, 6) is 0.662. The first-order valence-electron chi connectivity index (χ1n) is 7.75. The van der Waals surface area contributed by atoms with Crippen molar-refractivity contribution in [2.24, 2.45) is 5.92 Å². The van der Waals surface area contributed by atoms with E-state index in [-0.39, 0.29) is 12.0 Å². The minimum atomic E-state index is 0.160. The fourth-order valence-corrected chi connectivity index (χ4v) is 5.47. The fourth-order valence-electron chi connectivity index (χ4n) is 3.71. The molecule has 0 spiro atoms. The summed E-state index contributed by atoms with van der Waals surface area (Å²) in [5.41, 5.74) is 1.36. The maximum atomic E-state index is 13.0. The monoisotopic (exact) mass is 317 g/mol. The van der Waals surface area contributed by atoms with E-state index in [1.807, 2.05) is 11.3 Å². The van der Waals surface area contributed by atoms with E-state index in [1.165, 1.54) is 28.2 Å². The lowest BCUT2D eigenvalue weighted by Crippen LogP contribution is -2.42. The van der Waals surface area contributed by atoms with Crippen molar-refractivity contribution >= 4 is 28.6 Å². The molecule has 2 nitrogen and oxygen atoms in total. The highest BCUT2D eigenvalue weighted by Gasteiger charge is 2.36. The summed E-state index contributed by atoms with van der Waals surface area (Å²) in [6.07, 6.45) is 5.63. The zero-order valence-corrected chi connectivity index (χ0v) is 13.6. The van der Waals surface area contributed by atoms with E-state index in [0.717, 1.165) is 25.8 Å². The van der Waals surface area contributed by atoms with Gasteiger partial charge in [-0.15, -0.1) is 22.7 Å². The van der Waals surface area contributed by atoms with Gasteiger partial charge in [-0.25, -0.2) is 0 Å². The number of carbonyl (C=O) groups is 1. The second-order valence-corrected chi connectivity index (χ2v) is 7.96. The molecule has 21 heavy (non-hydrogen) atoms. The van der Waals surface area contributed by atoms with Gasteiger partial charge in [-0.05, 0) is 47.7 Å². The average molecular weight is 317 g/mol. The number of nitrogens with zero attached hydrogens (tertiary/aromatic N) is 1. The van der Waals surface area contributed by atoms with E-state index in [2.05, 4.69) is 33.9 Å². The number of carbonyl (C=O) groups excluding carboxylic acids is 1. The molecular formula is C17H19NOS2. The number of fused-ring (bicyclic) bond motifs is 1. The fraction of sp³-hybridized carbons (Fsp3) is 0.471. The standard InChI is InChI=1S/C17H19NOS2/c19-17(12-4-1-2-5-12)18-9-7-14-13(8-11-21-14)16(18)15-6-3-10-20-15/h3,6,8,10-12,16H,1-2,4-5,7,9H2/t16-/m0/s1. The SMILES string of the molecule is O=C(C1CCCC1)N1CCc2sccc2[C@H]1c1cccs1. The molecule has 1 saturated carbocycles. The summed E-state index contributed by atoms with van der Waals surface area (Å²) in [5, 5.41) is 4.29. The zero-order valence-electron chi connectivity index (χ0n) is 12.0. The second-order valence-electron chi connectivity index (χ2n) is 5.98. The van der Waals surface area contributed by atoms with E-state index < -0.39 is 0 Å². The molecule has 110 valence electrons. The van der Waals surface area contributed by atoms with Crippen molar-refractivity contribution < 1.29 is 4.79 Å². The van der Waals surface area contributed by atoms with Crippen LogP contribution in [-0.2, 0) is 11.2 Å². The van der Waals surface area contributed by atoms with Gasteiger partial charge in [-0.3, -0.25) is 4.79 Å². The third-order valence-electron chi connectivity index (χ3n) is 4.77. The van der Waals surface area contributed by atoms with Crippen molar-refractivity contribution in [3.05, 3.63) is 44.3 Å². The third kappa shape index (κ3) is 2.34. The minimum absolute atomic E-state index is 0.160. The highest BCUT2D eigenvalue weighted by atomic mass is 32.1. The number of amides is 1. The van der Waals surface area contributed by atoms with Gasteiger partial charge in [0.25, 0.3) is 0 Å². The molecule has 0 bridgehead atoms. The molecule has 0 unspecified atom stereocenters. The number of hydrogen-bond acceptors (Lipinski definition) is 3. The molecule has 0 aromatic carbocycles. The Labute approximate surface area is 133 Å². The average Bonchev–Trinajstić information content (AvgIpc) is 3.25. The van der Waals surface area contributed by atoms with Crippen LogP contribution in [0.2, 0.25) is 0 Å². The largest absolute Gasteiger partial charge is 0.330 e. The van der Waals surface area contributed by atoms with Gasteiger partial charge in [0.15, 0.2) is 0 Å². The maximum absolute atomic E-state index is 13.0. The Morgan fingerprint density at radius 3 is 2.76 bits per heavy atom. The van der Waals surface area contributed by atoms with Crippen LogP contribution in [0.5, 0.6) is 0 Å². The van der Waals surface area contributed by atoms with Gasteiger partial charge in [0.1, 0.15) is 0 Å². The molecule has 2 aromatic rings. The molecule has 2 aliphatic rings. The molecule has 4 heteroatoms. The molecule has 1 aliphatic carbocycles. The molecule has 4 rings (SSSR count). The van der Waals surface area contributed by atoms with Crippen molar-refractivity contribution in [3.8, 4) is 0 Å². The van der Waals surface area contributed by atoms with Gasteiger partial charge < -0.3 is 4.90 Å². The quantitative estimate of drug-likeness (QED) is 0.800. The van der Waals surface area contributed by atoms with Crippen LogP contribution in [0.4, 0.5) is 0 Å². The molecule has 0 saturated heterocycles. The lowest BCUT2D eigenvalue weighted by molar-refractivity contribution is -0.137. The topological polar surface area (TPSA) is 20.3 Å². The predicted molar refractivity (Wildman–Crippen MR) is 87.9 cm³/mol. The Kier molecular flexibility index (Phi) is 3.59. The van der Waals surface area contributed by atoms with Crippen LogP contribution in [0.1, 0.15) is 47.0 Å². The smallest absolute Gasteiger partial charge is 0.226 e. The summed E-state index contributed by atoms with van der Waals surface area (Å²) in [7, 11) is 0. The summed E-state index contributed by atoms with van der Waals surface area (Å²) in [6.45, 7) is 0.880. The molecule has 2 aromatic heterocycles. The van der Waals surface area contributed by atoms with Crippen molar-refractivity contribution in [1.82, 2.24) is 4.90 Å². The van der Waals surface area contributed by atoms with Crippen LogP contribution >= 0.6 is 22.7 Å². The van der Waals surface area contributed by atoms with Gasteiger partial charge in [0, 0.05) is 22.2 Å². The van der Waals surface area contributed by atoms with Gasteiger partial charge in [0.05, 0.1) is 6.04 Å². The van der Waals surface area contributed by atoms with Crippen LogP contribution in [0.3, 0.4) is 0 Å². The Morgan fingerprint density at radius 2 is 2.00 bits per heavy atom. The Morgan fingerprint density at radius 1 is 1.14 bits per heavy atom. The Balaban J connectivity index is 1.71. The van der Waals surface area contributed by atoms with E-state index >= 15 is 0 Å². The summed E-state index contributed by atoms with van der Waals surface area (Å²) >= 11 is 3.61. The normalized spacial score (nSPS) is 22.5. The van der Waals surface area contributed by atoms with Crippen LogP contribution in [0, 0.1) is 5.92 Å². The summed E-state index contributed by atoms with van der Waals surface area (Å²) in [6, 6.07) is 6.65. The summed E-state index contributed by atoms with van der Waals surface area (Å²) < 4.78 is 0. The van der Waals surface area contributed by atoms with E-state index in [9.17, 15) is 4.79 Å². The first-order chi connectivity index (χ1) is 10.3. The van der Waals surface area contributed by atoms with Crippen LogP contribution in [-0.4, -0.2) is 17.4 Å². The van der Waals surface area contributed by atoms with Crippen molar-refractivity contribution in [2.45, 2.75) is 38.1 Å². The first-order valence-corrected chi connectivity index (χ1v) is 9.50. The Bertz CT molecular complexity index is 625. The molecule has 1 amide bonds. The van der Waals surface area contributed by atoms with Crippen molar-refractivity contribution in [2.75, 3.05) is 6.54 Å². The molecular weight excluding hydrogens is 298 g/mol. The van der Waals surface area contributed by atoms with Crippen LogP contribution in [0.15, 0.2) is 29.0 Å². The van der Waals surface area contributed by atoms with E-state index in [4.69, 9.17) is 0 Å². The molecule has 3 heterocycles. The highest BCUT2D eigenvalue weighted by Crippen LogP contribution is 2.41. The number of thiophene rings is 2. The maximum Gasteiger partial charge on any atom is 0.226 e. The van der Waals surface area contributed by atoms with Crippen LogP contribution in [0.25, 0.3) is 0 Å². The first kappa shape index (κ1) is 13.5. The molecule has 0 N–H and O–H groups in total. The van der Waals surface area contributed by atoms with Crippen LogP contribution < -0.4 is 0 Å². The third-order valence-corrected chi connectivity index (χ3v) is 6.69. The molecule has 1 fully saturated rings. The number of rotatable bonds is 2. The van der Waals surface area contributed by atoms with Gasteiger partial charge >= 0.3 is 0 Å². The van der Waals surface area contributed by atoms with E-state index in [1.54, 1.807) is 11.3 Å². The van der Waals surface area contributed by atoms with Crippen molar-refractivity contribution in [3.63, 3.8) is 0 Å². The van der Waals surface area contributed by atoms with Gasteiger partial charge in [0.2, 0.25) is 5.91 Å². The molecule has 1 aliphatic heterocycles.